The minimum Gasteiger partial charge on any atom is -0.463 e. The molecule has 4 rings (SSSR count). The molecular formula is C23H30N6O2. The number of allylic oxidation sites excluding steroid dienone is 1. The van der Waals surface area contributed by atoms with Gasteiger partial charge in [-0.05, 0) is 25.3 Å². The second-order valence-electron chi connectivity index (χ2n) is 7.27. The number of benzene rings is 1. The Labute approximate surface area is 183 Å². The molecule has 0 bridgehead atoms. The predicted molar refractivity (Wildman–Crippen MR) is 124 cm³/mol. The highest BCUT2D eigenvalue weighted by Gasteiger charge is 2.15. The van der Waals surface area contributed by atoms with Gasteiger partial charge in [0.1, 0.15) is 11.6 Å². The van der Waals surface area contributed by atoms with Crippen molar-refractivity contribution in [3.63, 3.8) is 0 Å². The Morgan fingerprint density at radius 1 is 1.19 bits per heavy atom. The molecule has 1 aromatic carbocycles. The molecule has 0 spiro atoms. The van der Waals surface area contributed by atoms with E-state index < -0.39 is 0 Å². The second-order valence-corrected chi connectivity index (χ2v) is 7.27. The number of hydrogen-bond acceptors (Lipinski definition) is 8. The van der Waals surface area contributed by atoms with Crippen molar-refractivity contribution in [3.8, 4) is 6.01 Å². The summed E-state index contributed by atoms with van der Waals surface area (Å²) in [4.78, 5) is 15.0. The highest BCUT2D eigenvalue weighted by Crippen LogP contribution is 2.19. The van der Waals surface area contributed by atoms with Crippen molar-refractivity contribution in [1.82, 2.24) is 9.97 Å². The molecule has 0 radical (unpaired) electrons. The van der Waals surface area contributed by atoms with E-state index in [1.807, 2.05) is 37.4 Å². The summed E-state index contributed by atoms with van der Waals surface area (Å²) >= 11 is 0. The highest BCUT2D eigenvalue weighted by molar-refractivity contribution is 5.76. The average Bonchev–Trinajstić information content (AvgIpc) is 2.80. The van der Waals surface area contributed by atoms with Gasteiger partial charge in [-0.2, -0.15) is 9.97 Å². The van der Waals surface area contributed by atoms with Gasteiger partial charge in [0, 0.05) is 43.7 Å². The van der Waals surface area contributed by atoms with Crippen molar-refractivity contribution < 1.29 is 9.47 Å². The van der Waals surface area contributed by atoms with Crippen LogP contribution >= 0.6 is 0 Å². The van der Waals surface area contributed by atoms with E-state index in [2.05, 4.69) is 25.9 Å². The molecule has 0 aliphatic carbocycles. The third kappa shape index (κ3) is 7.49. The molecule has 8 heteroatoms. The zero-order valence-electron chi connectivity index (χ0n) is 18.0. The molecule has 0 saturated carbocycles. The van der Waals surface area contributed by atoms with Crippen LogP contribution in [0.5, 0.6) is 6.01 Å². The Kier molecular flexibility index (Phi) is 8.54. The first-order valence-electron chi connectivity index (χ1n) is 10.5. The number of nitrogens with one attached hydrogen (secondary N) is 1. The first-order chi connectivity index (χ1) is 15.1. The molecule has 2 aromatic rings. The zero-order valence-corrected chi connectivity index (χ0v) is 18.0. The Balaban J connectivity index is 0.000000254. The smallest absolute Gasteiger partial charge is 0.320 e. The number of nitrogen functional groups attached to an aromatic ring is 1. The van der Waals surface area contributed by atoms with Crippen LogP contribution in [-0.2, 0) is 4.74 Å². The highest BCUT2D eigenvalue weighted by atomic mass is 16.5. The average molecular weight is 423 g/mol. The Morgan fingerprint density at radius 2 is 2.03 bits per heavy atom. The Hall–Kier alpha value is -3.26. The minimum atomic E-state index is 0.321. The number of aromatic nitrogens is 2. The van der Waals surface area contributed by atoms with E-state index in [4.69, 9.17) is 20.6 Å². The Morgan fingerprint density at radius 3 is 2.71 bits per heavy atom. The maximum absolute atomic E-state index is 6.92. The lowest BCUT2D eigenvalue weighted by atomic mass is 10.2. The van der Waals surface area contributed by atoms with Gasteiger partial charge in [-0.1, -0.05) is 35.9 Å². The molecule has 1 saturated heterocycles. The minimum absolute atomic E-state index is 0.321. The summed E-state index contributed by atoms with van der Waals surface area (Å²) in [6.07, 6.45) is 8.26. The van der Waals surface area contributed by atoms with E-state index in [9.17, 15) is 0 Å². The van der Waals surface area contributed by atoms with Crippen LogP contribution in [0.15, 0.2) is 47.1 Å². The summed E-state index contributed by atoms with van der Waals surface area (Å²) in [7, 11) is 0. The number of rotatable bonds is 6. The first-order valence-corrected chi connectivity index (χ1v) is 10.5. The molecule has 0 amide bonds. The molecule has 2 aliphatic rings. The van der Waals surface area contributed by atoms with Crippen LogP contribution in [-0.4, -0.2) is 55.3 Å². The molecule has 1 aromatic heterocycles. The fraction of sp³-hybridized carbons (Fsp3) is 0.391. The number of aliphatic imine (C=N–C) groups is 1. The predicted octanol–water partition coefficient (Wildman–Crippen LogP) is 3.41. The number of ether oxygens (including phenoxy) is 2. The number of morpholine rings is 1. The summed E-state index contributed by atoms with van der Waals surface area (Å²) in [6.45, 7) is 5.52. The number of aryl methyl sites for hydroxylation is 1. The van der Waals surface area contributed by atoms with Crippen LogP contribution in [0.25, 0.3) is 0 Å². The maximum Gasteiger partial charge on any atom is 0.320 e. The number of nitrogens with zero attached hydrogens (tertiary/aromatic N) is 4. The van der Waals surface area contributed by atoms with Crippen molar-refractivity contribution in [2.24, 2.45) is 4.99 Å². The quantitative estimate of drug-likeness (QED) is 0.691. The summed E-state index contributed by atoms with van der Waals surface area (Å²) in [6, 6.07) is 9.96. The van der Waals surface area contributed by atoms with Crippen LogP contribution < -0.4 is 15.4 Å². The third-order valence-corrected chi connectivity index (χ3v) is 4.78. The second kappa shape index (κ2) is 11.8. The van der Waals surface area contributed by atoms with Gasteiger partial charge in [0.25, 0.3) is 0 Å². The van der Waals surface area contributed by atoms with Crippen molar-refractivity contribution in [2.45, 2.75) is 26.2 Å². The third-order valence-electron chi connectivity index (χ3n) is 4.78. The SMILES string of the molecule is Cc1cccc(C=N)c1.Nc1cc(N2CCOCC2)nc(OCCC2=CCCC=N2)n1. The molecule has 164 valence electrons. The van der Waals surface area contributed by atoms with Gasteiger partial charge in [0.15, 0.2) is 0 Å². The number of anilines is 2. The standard InChI is InChI=1S/C15H21N5O2.C8H9N/c16-13-11-14(20-6-9-21-10-7-20)19-15(18-13)22-8-4-12-3-1-2-5-17-12;1-7-3-2-4-8(5-7)6-9/h3,5,11H,1-2,4,6-10H2,(H2,16,18,19);2-6,9H,1H3. The normalized spacial score (nSPS) is 15.5. The van der Waals surface area contributed by atoms with Gasteiger partial charge < -0.3 is 25.5 Å². The van der Waals surface area contributed by atoms with Gasteiger partial charge >= 0.3 is 6.01 Å². The van der Waals surface area contributed by atoms with Crippen LogP contribution in [0.4, 0.5) is 11.6 Å². The Bertz CT molecular complexity index is 922. The summed E-state index contributed by atoms with van der Waals surface area (Å²) in [5.41, 5.74) is 9.09. The van der Waals surface area contributed by atoms with E-state index in [1.54, 1.807) is 6.07 Å². The lowest BCUT2D eigenvalue weighted by molar-refractivity contribution is 0.122. The van der Waals surface area contributed by atoms with Gasteiger partial charge in [0.05, 0.1) is 19.8 Å². The van der Waals surface area contributed by atoms with Crippen LogP contribution in [0.3, 0.4) is 0 Å². The van der Waals surface area contributed by atoms with Crippen molar-refractivity contribution in [3.05, 3.63) is 53.2 Å². The van der Waals surface area contributed by atoms with Crippen molar-refractivity contribution in [1.29, 1.82) is 5.41 Å². The molecule has 2 aliphatic heterocycles. The van der Waals surface area contributed by atoms with Gasteiger partial charge in [-0.3, -0.25) is 4.99 Å². The van der Waals surface area contributed by atoms with Crippen LogP contribution in [0.2, 0.25) is 0 Å². The first kappa shape index (κ1) is 22.4. The molecule has 8 nitrogen and oxygen atoms in total. The lowest BCUT2D eigenvalue weighted by Crippen LogP contribution is -2.36. The zero-order chi connectivity index (χ0) is 21.9. The fourth-order valence-corrected chi connectivity index (χ4v) is 3.18. The fourth-order valence-electron chi connectivity index (χ4n) is 3.18. The van der Waals surface area contributed by atoms with Crippen molar-refractivity contribution >= 4 is 24.1 Å². The number of nitrogens with two attached hydrogens (primary N) is 1. The van der Waals surface area contributed by atoms with Crippen LogP contribution in [0.1, 0.15) is 30.4 Å². The van der Waals surface area contributed by atoms with E-state index in [0.29, 0.717) is 31.6 Å². The van der Waals surface area contributed by atoms with Crippen molar-refractivity contribution in [2.75, 3.05) is 43.5 Å². The summed E-state index contributed by atoms with van der Waals surface area (Å²) in [5, 5.41) is 6.92. The van der Waals surface area contributed by atoms with Gasteiger partial charge in [0.2, 0.25) is 0 Å². The van der Waals surface area contributed by atoms with E-state index in [-0.39, 0.29) is 0 Å². The molecular weight excluding hydrogens is 392 g/mol. The van der Waals surface area contributed by atoms with Gasteiger partial charge in [-0.25, -0.2) is 0 Å². The van der Waals surface area contributed by atoms with E-state index in [0.717, 1.165) is 49.4 Å². The molecule has 1 fully saturated rings. The summed E-state index contributed by atoms with van der Waals surface area (Å²) in [5.74, 6) is 1.21. The molecule has 3 heterocycles. The number of hydrogen-bond donors (Lipinski definition) is 2. The van der Waals surface area contributed by atoms with Gasteiger partial charge in [-0.15, -0.1) is 0 Å². The topological polar surface area (TPSA) is 110 Å². The maximum atomic E-state index is 6.92. The van der Waals surface area contributed by atoms with Crippen LogP contribution in [0, 0.1) is 12.3 Å². The van der Waals surface area contributed by atoms with E-state index >= 15 is 0 Å². The molecule has 0 unspecified atom stereocenters. The molecule has 0 atom stereocenters. The molecule has 3 N–H and O–H groups in total. The largest absolute Gasteiger partial charge is 0.463 e. The molecule has 31 heavy (non-hydrogen) atoms. The lowest BCUT2D eigenvalue weighted by Gasteiger charge is -2.27. The summed E-state index contributed by atoms with van der Waals surface area (Å²) < 4.78 is 11.0. The van der Waals surface area contributed by atoms with E-state index in [1.165, 1.54) is 11.8 Å². The monoisotopic (exact) mass is 422 g/mol.